The lowest BCUT2D eigenvalue weighted by Crippen LogP contribution is -2.36. The molecule has 0 aliphatic carbocycles. The summed E-state index contributed by atoms with van der Waals surface area (Å²) in [5.41, 5.74) is 3.58. The third-order valence-corrected chi connectivity index (χ3v) is 4.94. The van der Waals surface area contributed by atoms with Crippen molar-refractivity contribution in [2.45, 2.75) is 26.3 Å². The van der Waals surface area contributed by atoms with Crippen LogP contribution in [0.25, 0.3) is 5.69 Å². The highest BCUT2D eigenvalue weighted by molar-refractivity contribution is 5.95. The Balaban J connectivity index is 1.64. The van der Waals surface area contributed by atoms with Crippen LogP contribution >= 0.6 is 0 Å². The molecule has 1 aliphatic heterocycles. The highest BCUT2D eigenvalue weighted by atomic mass is 16.2. The molecular formula is C22H22N4O2. The summed E-state index contributed by atoms with van der Waals surface area (Å²) in [7, 11) is 0. The SMILES string of the molecule is CCC(=O)Nc1cc(C(=O)N2CCc3ccccc3C2)nn1-c1ccccc1. The van der Waals surface area contributed by atoms with Crippen LogP contribution in [0.5, 0.6) is 0 Å². The van der Waals surface area contributed by atoms with Crippen molar-refractivity contribution in [1.82, 2.24) is 14.7 Å². The van der Waals surface area contributed by atoms with Crippen molar-refractivity contribution < 1.29 is 9.59 Å². The van der Waals surface area contributed by atoms with E-state index in [2.05, 4.69) is 22.5 Å². The monoisotopic (exact) mass is 374 g/mol. The number of carbonyl (C=O) groups is 2. The Hall–Kier alpha value is -3.41. The molecule has 0 saturated carbocycles. The van der Waals surface area contributed by atoms with E-state index in [1.54, 1.807) is 17.7 Å². The topological polar surface area (TPSA) is 67.2 Å². The molecule has 1 N–H and O–H groups in total. The van der Waals surface area contributed by atoms with Crippen LogP contribution in [-0.4, -0.2) is 33.0 Å². The van der Waals surface area contributed by atoms with E-state index in [-0.39, 0.29) is 11.8 Å². The fourth-order valence-electron chi connectivity index (χ4n) is 3.40. The maximum atomic E-state index is 13.1. The number of para-hydroxylation sites is 1. The summed E-state index contributed by atoms with van der Waals surface area (Å²) in [4.78, 5) is 26.8. The van der Waals surface area contributed by atoms with Crippen molar-refractivity contribution in [3.8, 4) is 5.69 Å². The summed E-state index contributed by atoms with van der Waals surface area (Å²) < 4.78 is 1.61. The number of amides is 2. The van der Waals surface area contributed by atoms with Gasteiger partial charge in [0.2, 0.25) is 5.91 Å². The van der Waals surface area contributed by atoms with E-state index in [1.165, 1.54) is 11.1 Å². The van der Waals surface area contributed by atoms with Gasteiger partial charge < -0.3 is 10.2 Å². The summed E-state index contributed by atoms with van der Waals surface area (Å²) in [5, 5.41) is 7.35. The Morgan fingerprint density at radius 2 is 1.75 bits per heavy atom. The van der Waals surface area contributed by atoms with Crippen LogP contribution in [0.2, 0.25) is 0 Å². The number of nitrogens with one attached hydrogen (secondary N) is 1. The fraction of sp³-hybridized carbons (Fsp3) is 0.227. The molecule has 0 bridgehead atoms. The summed E-state index contributed by atoms with van der Waals surface area (Å²) in [6.07, 6.45) is 1.19. The lowest BCUT2D eigenvalue weighted by Gasteiger charge is -2.28. The van der Waals surface area contributed by atoms with Gasteiger partial charge in [-0.3, -0.25) is 9.59 Å². The molecule has 3 aromatic rings. The van der Waals surface area contributed by atoms with Crippen molar-refractivity contribution in [2.24, 2.45) is 0 Å². The lowest BCUT2D eigenvalue weighted by molar-refractivity contribution is -0.115. The largest absolute Gasteiger partial charge is 0.333 e. The molecule has 1 aromatic heterocycles. The third-order valence-electron chi connectivity index (χ3n) is 4.94. The second kappa shape index (κ2) is 7.68. The highest BCUT2D eigenvalue weighted by Gasteiger charge is 2.25. The van der Waals surface area contributed by atoms with Crippen LogP contribution in [0.15, 0.2) is 60.7 Å². The van der Waals surface area contributed by atoms with Gasteiger partial charge in [-0.15, -0.1) is 0 Å². The average Bonchev–Trinajstić information content (AvgIpc) is 3.17. The van der Waals surface area contributed by atoms with Gasteiger partial charge in [0.25, 0.3) is 5.91 Å². The van der Waals surface area contributed by atoms with Crippen LogP contribution in [0, 0.1) is 0 Å². The predicted molar refractivity (Wildman–Crippen MR) is 107 cm³/mol. The molecule has 6 nitrogen and oxygen atoms in total. The first kappa shape index (κ1) is 18.0. The van der Waals surface area contributed by atoms with Gasteiger partial charge in [-0.1, -0.05) is 49.4 Å². The fourth-order valence-corrected chi connectivity index (χ4v) is 3.40. The summed E-state index contributed by atoms with van der Waals surface area (Å²) in [5.74, 6) is 0.248. The zero-order chi connectivity index (χ0) is 19.5. The van der Waals surface area contributed by atoms with Crippen molar-refractivity contribution in [3.05, 3.63) is 77.5 Å². The molecule has 0 spiro atoms. The van der Waals surface area contributed by atoms with Gasteiger partial charge in [0.1, 0.15) is 5.82 Å². The molecule has 0 saturated heterocycles. The van der Waals surface area contributed by atoms with Crippen LogP contribution in [0.1, 0.15) is 35.0 Å². The van der Waals surface area contributed by atoms with Gasteiger partial charge in [0.05, 0.1) is 5.69 Å². The Kier molecular flexibility index (Phi) is 4.93. The first-order valence-corrected chi connectivity index (χ1v) is 9.47. The van der Waals surface area contributed by atoms with Gasteiger partial charge in [-0.05, 0) is 29.7 Å². The number of rotatable bonds is 4. The van der Waals surface area contributed by atoms with Crippen LogP contribution in [0.4, 0.5) is 5.82 Å². The minimum Gasteiger partial charge on any atom is -0.333 e. The smallest absolute Gasteiger partial charge is 0.274 e. The molecule has 0 fully saturated rings. The number of fused-ring (bicyclic) bond motifs is 1. The zero-order valence-electron chi connectivity index (χ0n) is 15.8. The Labute approximate surface area is 163 Å². The third kappa shape index (κ3) is 3.53. The second-order valence-electron chi connectivity index (χ2n) is 6.81. The van der Waals surface area contributed by atoms with E-state index in [1.807, 2.05) is 47.4 Å². The molecule has 2 heterocycles. The quantitative estimate of drug-likeness (QED) is 0.761. The maximum absolute atomic E-state index is 13.1. The van der Waals surface area contributed by atoms with Gasteiger partial charge in [0, 0.05) is 25.6 Å². The molecule has 2 aromatic carbocycles. The summed E-state index contributed by atoms with van der Waals surface area (Å²) in [6, 6.07) is 19.3. The van der Waals surface area contributed by atoms with Gasteiger partial charge in [0.15, 0.2) is 5.69 Å². The maximum Gasteiger partial charge on any atom is 0.274 e. The summed E-state index contributed by atoms with van der Waals surface area (Å²) in [6.45, 7) is 3.02. The van der Waals surface area contributed by atoms with E-state index in [0.717, 1.165) is 12.1 Å². The number of nitrogens with zero attached hydrogens (tertiary/aromatic N) is 3. The normalized spacial score (nSPS) is 13.1. The van der Waals surface area contributed by atoms with E-state index < -0.39 is 0 Å². The molecule has 6 heteroatoms. The molecule has 0 radical (unpaired) electrons. The second-order valence-corrected chi connectivity index (χ2v) is 6.81. The van der Waals surface area contributed by atoms with Crippen LogP contribution in [-0.2, 0) is 17.8 Å². The van der Waals surface area contributed by atoms with E-state index in [9.17, 15) is 9.59 Å². The number of carbonyl (C=O) groups excluding carboxylic acids is 2. The molecule has 0 unspecified atom stereocenters. The van der Waals surface area contributed by atoms with Crippen molar-refractivity contribution >= 4 is 17.6 Å². The molecule has 2 amide bonds. The number of aromatic nitrogens is 2. The Morgan fingerprint density at radius 1 is 1.04 bits per heavy atom. The lowest BCUT2D eigenvalue weighted by atomic mass is 10.00. The van der Waals surface area contributed by atoms with Gasteiger partial charge >= 0.3 is 0 Å². The molecule has 0 atom stereocenters. The Morgan fingerprint density at radius 3 is 2.50 bits per heavy atom. The predicted octanol–water partition coefficient (Wildman–Crippen LogP) is 3.42. The number of hydrogen-bond acceptors (Lipinski definition) is 3. The first-order valence-electron chi connectivity index (χ1n) is 9.47. The van der Waals surface area contributed by atoms with Crippen molar-refractivity contribution in [2.75, 3.05) is 11.9 Å². The summed E-state index contributed by atoms with van der Waals surface area (Å²) >= 11 is 0. The molecular weight excluding hydrogens is 352 g/mol. The van der Waals surface area contributed by atoms with Gasteiger partial charge in [-0.25, -0.2) is 4.68 Å². The minimum absolute atomic E-state index is 0.122. The average molecular weight is 374 g/mol. The van der Waals surface area contributed by atoms with E-state index in [0.29, 0.717) is 31.0 Å². The molecule has 4 rings (SSSR count). The van der Waals surface area contributed by atoms with Crippen LogP contribution in [0.3, 0.4) is 0 Å². The minimum atomic E-state index is -0.129. The Bertz CT molecular complexity index is 1010. The number of benzene rings is 2. The van der Waals surface area contributed by atoms with Crippen molar-refractivity contribution in [1.29, 1.82) is 0 Å². The molecule has 1 aliphatic rings. The highest BCUT2D eigenvalue weighted by Crippen LogP contribution is 2.23. The first-order chi connectivity index (χ1) is 13.7. The molecule has 142 valence electrons. The van der Waals surface area contributed by atoms with Crippen molar-refractivity contribution in [3.63, 3.8) is 0 Å². The number of hydrogen-bond donors (Lipinski definition) is 1. The van der Waals surface area contributed by atoms with Crippen LogP contribution < -0.4 is 5.32 Å². The molecule has 28 heavy (non-hydrogen) atoms. The van der Waals surface area contributed by atoms with E-state index >= 15 is 0 Å². The standard InChI is InChI=1S/C22H22N4O2/c1-2-21(27)23-20-14-19(24-26(20)18-10-4-3-5-11-18)22(28)25-13-12-16-8-6-7-9-17(16)15-25/h3-11,14H,2,12-13,15H2,1H3,(H,23,27). The van der Waals surface area contributed by atoms with E-state index in [4.69, 9.17) is 0 Å². The zero-order valence-corrected chi connectivity index (χ0v) is 15.8. The van der Waals surface area contributed by atoms with Gasteiger partial charge in [-0.2, -0.15) is 5.10 Å². The number of anilines is 1.